The largest absolute Gasteiger partial charge is 0.486 e. The smallest absolute Gasteiger partial charge is 0.241 e. The number of fused-ring (bicyclic) bond motifs is 1. The minimum atomic E-state index is -3.82. The molecule has 0 saturated carbocycles. The summed E-state index contributed by atoms with van der Waals surface area (Å²) in [5, 5.41) is 2.74. The van der Waals surface area contributed by atoms with Crippen LogP contribution in [0.25, 0.3) is 0 Å². The van der Waals surface area contributed by atoms with Crippen LogP contribution in [0.5, 0.6) is 11.5 Å². The summed E-state index contributed by atoms with van der Waals surface area (Å²) in [7, 11) is -3.82. The Bertz CT molecular complexity index is 1360. The predicted octanol–water partition coefficient (Wildman–Crippen LogP) is 2.52. The molecule has 0 radical (unpaired) electrons. The first kappa shape index (κ1) is 22.9. The number of carbonyl (C=O) groups is 2. The minimum Gasteiger partial charge on any atom is -0.486 e. The van der Waals surface area contributed by atoms with Crippen LogP contribution in [0.15, 0.2) is 70.2 Å². The molecule has 10 nitrogen and oxygen atoms in total. The Hall–Kier alpha value is -3.83. The molecule has 2 aliphatic heterocycles. The molecule has 2 N–H and O–H groups in total. The number of nitrogens with one attached hydrogen (secondary N) is 2. The second kappa shape index (κ2) is 9.43. The number of sulfonamides is 1. The Morgan fingerprint density at radius 2 is 1.86 bits per heavy atom. The fourth-order valence-electron chi connectivity index (χ4n) is 3.98. The molecule has 1 aromatic heterocycles. The SMILES string of the molecule is O=C(Nc1cccc(S(=O)(=O)NCc2ccco2)c1)[C@H]1CC(=O)N(c2ccc3c(c2)OCCO3)C1. The van der Waals surface area contributed by atoms with Crippen molar-refractivity contribution in [3.63, 3.8) is 0 Å². The quantitative estimate of drug-likeness (QED) is 0.513. The van der Waals surface area contributed by atoms with Crippen molar-refractivity contribution >= 4 is 33.2 Å². The van der Waals surface area contributed by atoms with Gasteiger partial charge in [0.05, 0.1) is 23.6 Å². The summed E-state index contributed by atoms with van der Waals surface area (Å²) in [6.07, 6.45) is 1.51. The van der Waals surface area contributed by atoms with Crippen LogP contribution in [0, 0.1) is 5.92 Å². The lowest BCUT2D eigenvalue weighted by Crippen LogP contribution is -2.28. The molecule has 3 heterocycles. The van der Waals surface area contributed by atoms with Crippen LogP contribution in [0.3, 0.4) is 0 Å². The number of benzene rings is 2. The van der Waals surface area contributed by atoms with Crippen LogP contribution in [-0.4, -0.2) is 40.0 Å². The van der Waals surface area contributed by atoms with E-state index in [1.54, 1.807) is 47.4 Å². The van der Waals surface area contributed by atoms with Crippen LogP contribution < -0.4 is 24.4 Å². The van der Waals surface area contributed by atoms with Gasteiger partial charge in [-0.1, -0.05) is 6.07 Å². The molecule has 2 aliphatic rings. The molecule has 11 heteroatoms. The average molecular weight is 498 g/mol. The van der Waals surface area contributed by atoms with Gasteiger partial charge in [-0.2, -0.15) is 0 Å². The van der Waals surface area contributed by atoms with Gasteiger partial charge < -0.3 is 24.1 Å². The van der Waals surface area contributed by atoms with Crippen molar-refractivity contribution in [2.45, 2.75) is 17.9 Å². The highest BCUT2D eigenvalue weighted by molar-refractivity contribution is 7.89. The van der Waals surface area contributed by atoms with Gasteiger partial charge in [0.25, 0.3) is 0 Å². The summed E-state index contributed by atoms with van der Waals surface area (Å²) in [6.45, 7) is 1.11. The van der Waals surface area contributed by atoms with Gasteiger partial charge in [0.1, 0.15) is 19.0 Å². The monoisotopic (exact) mass is 497 g/mol. The molecule has 1 fully saturated rings. The topological polar surface area (TPSA) is 127 Å². The highest BCUT2D eigenvalue weighted by Gasteiger charge is 2.35. The first-order valence-electron chi connectivity index (χ1n) is 11.0. The van der Waals surface area contributed by atoms with E-state index in [0.29, 0.717) is 41.8 Å². The highest BCUT2D eigenvalue weighted by atomic mass is 32.2. The minimum absolute atomic E-state index is 0.00209. The molecule has 35 heavy (non-hydrogen) atoms. The molecule has 0 bridgehead atoms. The molecule has 5 rings (SSSR count). The maximum atomic E-state index is 12.9. The van der Waals surface area contributed by atoms with E-state index in [2.05, 4.69) is 10.0 Å². The number of hydrogen-bond acceptors (Lipinski definition) is 7. The Morgan fingerprint density at radius 1 is 1.03 bits per heavy atom. The third kappa shape index (κ3) is 5.00. The van der Waals surface area contributed by atoms with Gasteiger partial charge in [-0.25, -0.2) is 13.1 Å². The zero-order valence-electron chi connectivity index (χ0n) is 18.6. The van der Waals surface area contributed by atoms with E-state index in [-0.39, 0.29) is 36.2 Å². The average Bonchev–Trinajstić information content (AvgIpc) is 3.52. The molecule has 0 unspecified atom stereocenters. The first-order valence-corrected chi connectivity index (χ1v) is 12.5. The number of furan rings is 1. The number of nitrogens with zero attached hydrogens (tertiary/aromatic N) is 1. The normalized spacial score (nSPS) is 17.4. The molecule has 0 aliphatic carbocycles. The number of amides is 2. The van der Waals surface area contributed by atoms with Crippen LogP contribution in [0.4, 0.5) is 11.4 Å². The Balaban J connectivity index is 1.24. The maximum Gasteiger partial charge on any atom is 0.241 e. The summed E-state index contributed by atoms with van der Waals surface area (Å²) in [4.78, 5) is 27.1. The fraction of sp³-hybridized carbons (Fsp3) is 0.250. The van der Waals surface area contributed by atoms with Gasteiger partial charge in [0.15, 0.2) is 11.5 Å². The van der Waals surface area contributed by atoms with Crippen molar-refractivity contribution in [3.8, 4) is 11.5 Å². The molecule has 1 atom stereocenters. The second-order valence-electron chi connectivity index (χ2n) is 8.15. The lowest BCUT2D eigenvalue weighted by atomic mass is 10.1. The zero-order valence-corrected chi connectivity index (χ0v) is 19.4. The fourth-order valence-corrected chi connectivity index (χ4v) is 5.02. The van der Waals surface area contributed by atoms with E-state index in [1.165, 1.54) is 18.4 Å². The van der Waals surface area contributed by atoms with Crippen LogP contribution in [0.1, 0.15) is 12.2 Å². The van der Waals surface area contributed by atoms with Crippen molar-refractivity contribution in [1.82, 2.24) is 4.72 Å². The van der Waals surface area contributed by atoms with Crippen LogP contribution in [-0.2, 0) is 26.2 Å². The van der Waals surface area contributed by atoms with Gasteiger partial charge in [-0.15, -0.1) is 0 Å². The third-order valence-corrected chi connectivity index (χ3v) is 7.16. The van der Waals surface area contributed by atoms with Crippen molar-refractivity contribution in [2.24, 2.45) is 5.92 Å². The van der Waals surface area contributed by atoms with E-state index >= 15 is 0 Å². The summed E-state index contributed by atoms with van der Waals surface area (Å²) >= 11 is 0. The lowest BCUT2D eigenvalue weighted by molar-refractivity contribution is -0.122. The molecule has 182 valence electrons. The second-order valence-corrected chi connectivity index (χ2v) is 9.92. The summed E-state index contributed by atoms with van der Waals surface area (Å²) < 4.78 is 44.0. The Labute approximate surface area is 201 Å². The molecule has 0 spiro atoms. The first-order chi connectivity index (χ1) is 16.9. The third-order valence-electron chi connectivity index (χ3n) is 5.76. The summed E-state index contributed by atoms with van der Waals surface area (Å²) in [5.74, 6) is 0.527. The van der Waals surface area contributed by atoms with E-state index < -0.39 is 15.9 Å². The maximum absolute atomic E-state index is 12.9. The number of ether oxygens (including phenoxy) is 2. The van der Waals surface area contributed by atoms with Crippen LogP contribution in [0.2, 0.25) is 0 Å². The van der Waals surface area contributed by atoms with E-state index in [4.69, 9.17) is 13.9 Å². The Morgan fingerprint density at radius 3 is 2.66 bits per heavy atom. The number of anilines is 2. The Kier molecular flexibility index (Phi) is 6.18. The summed E-state index contributed by atoms with van der Waals surface area (Å²) in [5.41, 5.74) is 0.950. The zero-order chi connectivity index (χ0) is 24.4. The number of hydrogen-bond donors (Lipinski definition) is 2. The van der Waals surface area contributed by atoms with Crippen LogP contribution >= 0.6 is 0 Å². The number of carbonyl (C=O) groups excluding carboxylic acids is 2. The van der Waals surface area contributed by atoms with Crippen molar-refractivity contribution in [2.75, 3.05) is 30.0 Å². The van der Waals surface area contributed by atoms with Gasteiger partial charge in [-0.05, 0) is 42.5 Å². The van der Waals surface area contributed by atoms with Crippen molar-refractivity contribution in [1.29, 1.82) is 0 Å². The molecule has 3 aromatic rings. The van der Waals surface area contributed by atoms with Crippen molar-refractivity contribution in [3.05, 3.63) is 66.6 Å². The van der Waals surface area contributed by atoms with Gasteiger partial charge in [-0.3, -0.25) is 9.59 Å². The van der Waals surface area contributed by atoms with Gasteiger partial charge >= 0.3 is 0 Å². The molecular weight excluding hydrogens is 474 g/mol. The molecule has 2 aromatic carbocycles. The van der Waals surface area contributed by atoms with E-state index in [0.717, 1.165) is 0 Å². The number of rotatable bonds is 7. The van der Waals surface area contributed by atoms with Gasteiger partial charge in [0.2, 0.25) is 21.8 Å². The molecule has 1 saturated heterocycles. The lowest BCUT2D eigenvalue weighted by Gasteiger charge is -2.22. The van der Waals surface area contributed by atoms with Crippen molar-refractivity contribution < 1.29 is 31.9 Å². The standard InChI is InChI=1S/C24H23N3O7S/c28-23-11-16(15-27(23)18-6-7-21-22(13-18)34-10-9-33-21)24(29)26-17-3-1-5-20(12-17)35(30,31)25-14-19-4-2-8-32-19/h1-8,12-13,16,25H,9-11,14-15H2,(H,26,29)/t16-/m0/s1. The van der Waals surface area contributed by atoms with E-state index in [1.807, 2.05) is 0 Å². The predicted molar refractivity (Wildman–Crippen MR) is 126 cm³/mol. The van der Waals surface area contributed by atoms with Gasteiger partial charge in [0, 0.05) is 30.4 Å². The highest BCUT2D eigenvalue weighted by Crippen LogP contribution is 2.36. The summed E-state index contributed by atoms with van der Waals surface area (Å²) in [6, 6.07) is 14.5. The molecule has 2 amide bonds. The molecular formula is C24H23N3O7S. The van der Waals surface area contributed by atoms with E-state index in [9.17, 15) is 18.0 Å².